The minimum absolute atomic E-state index is 0.615. The number of halogens is 1. The maximum absolute atomic E-state index is 5.99. The van der Waals surface area contributed by atoms with Crippen molar-refractivity contribution in [2.24, 2.45) is 0 Å². The summed E-state index contributed by atoms with van der Waals surface area (Å²) >= 11 is 5.99. The second-order valence-corrected chi connectivity index (χ2v) is 5.41. The number of hydrogen-bond donors (Lipinski definition) is 1. The summed E-state index contributed by atoms with van der Waals surface area (Å²) in [5.74, 6) is 1.77. The summed E-state index contributed by atoms with van der Waals surface area (Å²) < 4.78 is 0. The van der Waals surface area contributed by atoms with Gasteiger partial charge in [-0.1, -0.05) is 37.3 Å². The first-order valence-corrected chi connectivity index (χ1v) is 6.86. The van der Waals surface area contributed by atoms with Gasteiger partial charge in [0.15, 0.2) is 0 Å². The number of hydrogen-bond acceptors (Lipinski definition) is 1. The molecule has 3 rings (SSSR count). The molecule has 1 aliphatic carbocycles. The van der Waals surface area contributed by atoms with Gasteiger partial charge in [0.2, 0.25) is 0 Å². The van der Waals surface area contributed by atoms with Crippen molar-refractivity contribution < 1.29 is 0 Å². The van der Waals surface area contributed by atoms with Crippen LogP contribution in [0.25, 0.3) is 11.0 Å². The minimum Gasteiger partial charge on any atom is -0.342 e. The molecule has 0 amide bonds. The van der Waals surface area contributed by atoms with Gasteiger partial charge >= 0.3 is 0 Å². The highest BCUT2D eigenvalue weighted by Gasteiger charge is 2.17. The molecule has 2 aromatic rings. The zero-order valence-electron chi connectivity index (χ0n) is 9.88. The number of rotatable bonds is 1. The fraction of sp³-hybridized carbons (Fsp3) is 0.500. The third-order valence-corrected chi connectivity index (χ3v) is 3.94. The molecule has 0 saturated heterocycles. The van der Waals surface area contributed by atoms with Crippen LogP contribution in [0.3, 0.4) is 0 Å². The van der Waals surface area contributed by atoms with Gasteiger partial charge in [-0.05, 0) is 31.0 Å². The van der Waals surface area contributed by atoms with Gasteiger partial charge in [0.05, 0.1) is 11.0 Å². The molecule has 0 spiro atoms. The molecule has 1 aromatic heterocycles. The van der Waals surface area contributed by atoms with E-state index < -0.39 is 0 Å². The van der Waals surface area contributed by atoms with E-state index >= 15 is 0 Å². The van der Waals surface area contributed by atoms with Gasteiger partial charge in [-0.15, -0.1) is 0 Å². The molecule has 0 unspecified atom stereocenters. The van der Waals surface area contributed by atoms with Crippen molar-refractivity contribution in [3.05, 3.63) is 29.0 Å². The highest BCUT2D eigenvalue weighted by atomic mass is 35.5. The maximum Gasteiger partial charge on any atom is 0.110 e. The van der Waals surface area contributed by atoms with Crippen molar-refractivity contribution in [3.8, 4) is 0 Å². The van der Waals surface area contributed by atoms with Gasteiger partial charge in [-0.2, -0.15) is 0 Å². The van der Waals surface area contributed by atoms with E-state index in [1.807, 2.05) is 18.2 Å². The Hall–Kier alpha value is -1.02. The van der Waals surface area contributed by atoms with Gasteiger partial charge in [-0.3, -0.25) is 0 Å². The summed E-state index contributed by atoms with van der Waals surface area (Å²) in [4.78, 5) is 8.14. The summed E-state index contributed by atoms with van der Waals surface area (Å²) in [7, 11) is 0. The lowest BCUT2D eigenvalue weighted by Crippen LogP contribution is -1.99. The van der Waals surface area contributed by atoms with Crippen molar-refractivity contribution in [1.82, 2.24) is 9.97 Å². The topological polar surface area (TPSA) is 28.7 Å². The SMILES string of the molecule is Clc1ccc2nc(C3CCCCCC3)[nH]c2c1. The smallest absolute Gasteiger partial charge is 0.110 e. The van der Waals surface area contributed by atoms with Crippen molar-refractivity contribution in [3.63, 3.8) is 0 Å². The second-order valence-electron chi connectivity index (χ2n) is 4.97. The number of imidazole rings is 1. The lowest BCUT2D eigenvalue weighted by molar-refractivity contribution is 0.567. The Balaban J connectivity index is 1.93. The lowest BCUT2D eigenvalue weighted by atomic mass is 10.00. The third kappa shape index (κ3) is 2.32. The van der Waals surface area contributed by atoms with Gasteiger partial charge in [0.25, 0.3) is 0 Å². The Morgan fingerprint density at radius 2 is 1.88 bits per heavy atom. The molecule has 1 fully saturated rings. The normalized spacial score (nSPS) is 18.4. The molecule has 0 aliphatic heterocycles. The van der Waals surface area contributed by atoms with Crippen molar-refractivity contribution >= 4 is 22.6 Å². The molecule has 1 aromatic carbocycles. The molecule has 17 heavy (non-hydrogen) atoms. The summed E-state index contributed by atoms with van der Waals surface area (Å²) in [5, 5.41) is 0.772. The average molecular weight is 249 g/mol. The molecular weight excluding hydrogens is 232 g/mol. The number of fused-ring (bicyclic) bond motifs is 1. The highest BCUT2D eigenvalue weighted by molar-refractivity contribution is 6.31. The molecule has 1 N–H and O–H groups in total. The molecule has 1 aliphatic rings. The average Bonchev–Trinajstić information content (AvgIpc) is 2.57. The van der Waals surface area contributed by atoms with Crippen LogP contribution in [0.1, 0.15) is 50.3 Å². The van der Waals surface area contributed by atoms with E-state index in [-0.39, 0.29) is 0 Å². The monoisotopic (exact) mass is 248 g/mol. The van der Waals surface area contributed by atoms with Gasteiger partial charge < -0.3 is 4.98 Å². The maximum atomic E-state index is 5.99. The van der Waals surface area contributed by atoms with Crippen LogP contribution in [-0.4, -0.2) is 9.97 Å². The summed E-state index contributed by atoms with van der Waals surface area (Å²) in [6.45, 7) is 0. The van der Waals surface area contributed by atoms with E-state index in [1.54, 1.807) is 0 Å². The highest BCUT2D eigenvalue weighted by Crippen LogP contribution is 2.31. The second kappa shape index (κ2) is 4.69. The van der Waals surface area contributed by atoms with Gasteiger partial charge in [0, 0.05) is 10.9 Å². The molecule has 1 saturated carbocycles. The van der Waals surface area contributed by atoms with Crippen LogP contribution in [0, 0.1) is 0 Å². The van der Waals surface area contributed by atoms with Gasteiger partial charge in [-0.25, -0.2) is 4.98 Å². The quantitative estimate of drug-likeness (QED) is 0.731. The molecule has 90 valence electrons. The largest absolute Gasteiger partial charge is 0.342 e. The lowest BCUT2D eigenvalue weighted by Gasteiger charge is -2.09. The Morgan fingerprint density at radius 3 is 2.65 bits per heavy atom. The first-order chi connectivity index (χ1) is 8.33. The van der Waals surface area contributed by atoms with Crippen LogP contribution in [-0.2, 0) is 0 Å². The zero-order chi connectivity index (χ0) is 11.7. The molecule has 0 radical (unpaired) electrons. The standard InChI is InChI=1S/C14H17ClN2/c15-11-7-8-12-13(9-11)17-14(16-12)10-5-3-1-2-4-6-10/h7-10H,1-6H2,(H,16,17). The fourth-order valence-electron chi connectivity index (χ4n) is 2.75. The van der Waals surface area contributed by atoms with E-state index in [9.17, 15) is 0 Å². The Kier molecular flexibility index (Phi) is 3.06. The van der Waals surface area contributed by atoms with Crippen LogP contribution >= 0.6 is 11.6 Å². The predicted octanol–water partition coefficient (Wildman–Crippen LogP) is 4.65. The van der Waals surface area contributed by atoms with Crippen molar-refractivity contribution in [1.29, 1.82) is 0 Å². The number of benzene rings is 1. The molecule has 1 heterocycles. The van der Waals surface area contributed by atoms with Crippen LogP contribution < -0.4 is 0 Å². The van der Waals surface area contributed by atoms with E-state index in [0.717, 1.165) is 21.9 Å². The fourth-order valence-corrected chi connectivity index (χ4v) is 2.92. The van der Waals surface area contributed by atoms with Crippen molar-refractivity contribution in [2.45, 2.75) is 44.4 Å². The van der Waals surface area contributed by atoms with Crippen LogP contribution in [0.5, 0.6) is 0 Å². The number of nitrogens with zero attached hydrogens (tertiary/aromatic N) is 1. The summed E-state index contributed by atoms with van der Waals surface area (Å²) in [5.41, 5.74) is 2.10. The summed E-state index contributed by atoms with van der Waals surface area (Å²) in [6.07, 6.45) is 7.97. The van der Waals surface area contributed by atoms with E-state index in [1.165, 1.54) is 38.5 Å². The van der Waals surface area contributed by atoms with E-state index in [2.05, 4.69) is 4.98 Å². The van der Waals surface area contributed by atoms with Crippen molar-refractivity contribution in [2.75, 3.05) is 0 Å². The molecule has 0 atom stereocenters. The molecule has 0 bridgehead atoms. The van der Waals surface area contributed by atoms with Crippen LogP contribution in [0.2, 0.25) is 5.02 Å². The predicted molar refractivity (Wildman–Crippen MR) is 71.5 cm³/mol. The summed E-state index contributed by atoms with van der Waals surface area (Å²) in [6, 6.07) is 5.86. The molecule has 3 heteroatoms. The number of aromatic nitrogens is 2. The first-order valence-electron chi connectivity index (χ1n) is 6.48. The Morgan fingerprint density at radius 1 is 1.12 bits per heavy atom. The number of aromatic amines is 1. The number of H-pyrrole nitrogens is 1. The minimum atomic E-state index is 0.615. The molecule has 2 nitrogen and oxygen atoms in total. The Labute approximate surface area is 106 Å². The number of nitrogens with one attached hydrogen (secondary N) is 1. The van der Waals surface area contributed by atoms with Crippen LogP contribution in [0.4, 0.5) is 0 Å². The first kappa shape index (κ1) is 11.1. The zero-order valence-corrected chi connectivity index (χ0v) is 10.6. The van der Waals surface area contributed by atoms with E-state index in [0.29, 0.717) is 5.92 Å². The third-order valence-electron chi connectivity index (χ3n) is 3.70. The molecular formula is C14H17ClN2. The Bertz CT molecular complexity index is 510. The van der Waals surface area contributed by atoms with Gasteiger partial charge in [0.1, 0.15) is 5.82 Å². The van der Waals surface area contributed by atoms with E-state index in [4.69, 9.17) is 16.6 Å². The van der Waals surface area contributed by atoms with Crippen LogP contribution in [0.15, 0.2) is 18.2 Å².